The second-order valence-electron chi connectivity index (χ2n) is 9.47. The number of ether oxygens (including phenoxy) is 1. The van der Waals surface area contributed by atoms with Crippen molar-refractivity contribution in [1.29, 1.82) is 0 Å². The van der Waals surface area contributed by atoms with E-state index in [1.807, 2.05) is 84.0 Å². The molecule has 0 saturated carbocycles. The number of benzene rings is 2. The Kier molecular flexibility index (Phi) is 8.59. The number of carbonyl (C=O) groups is 2. The number of anilines is 3. The van der Waals surface area contributed by atoms with Crippen molar-refractivity contribution in [3.8, 4) is 5.75 Å². The summed E-state index contributed by atoms with van der Waals surface area (Å²) in [5.41, 5.74) is 9.21. The first-order valence-electron chi connectivity index (χ1n) is 13.1. The number of para-hydroxylation sites is 1. The summed E-state index contributed by atoms with van der Waals surface area (Å²) in [4.78, 5) is 40.2. The van der Waals surface area contributed by atoms with E-state index in [1.165, 1.54) is 4.90 Å². The van der Waals surface area contributed by atoms with Crippen LogP contribution in [0.5, 0.6) is 5.75 Å². The van der Waals surface area contributed by atoms with Gasteiger partial charge in [-0.2, -0.15) is 16.7 Å². The maximum Gasteiger partial charge on any atom is 0.250 e. The van der Waals surface area contributed by atoms with Gasteiger partial charge in [-0.05, 0) is 48.3 Å². The Morgan fingerprint density at radius 3 is 2.73 bits per heavy atom. The Hall–Kier alpha value is -3.99. The van der Waals surface area contributed by atoms with E-state index in [0.717, 1.165) is 22.6 Å². The van der Waals surface area contributed by atoms with E-state index in [2.05, 4.69) is 10.3 Å². The molecular formula is C30H32N6O3S. The van der Waals surface area contributed by atoms with Gasteiger partial charge in [0.1, 0.15) is 17.6 Å². The first-order chi connectivity index (χ1) is 19.5. The summed E-state index contributed by atoms with van der Waals surface area (Å²) >= 11 is 1.64. The molecule has 9 nitrogen and oxygen atoms in total. The maximum absolute atomic E-state index is 13.8. The summed E-state index contributed by atoms with van der Waals surface area (Å²) in [7, 11) is 1.61. The number of aromatic nitrogens is 2. The number of fused-ring (bicyclic) bond motifs is 1. The molecule has 2 atom stereocenters. The van der Waals surface area contributed by atoms with E-state index in [-0.39, 0.29) is 17.6 Å². The number of thioether (sulfide) groups is 1. The Morgan fingerprint density at radius 1 is 1.23 bits per heavy atom. The summed E-state index contributed by atoms with van der Waals surface area (Å²) in [6.45, 7) is 0.955. The van der Waals surface area contributed by atoms with Crippen LogP contribution in [-0.4, -0.2) is 59.5 Å². The fraction of sp³-hybridized carbons (Fsp3) is 0.267. The van der Waals surface area contributed by atoms with Gasteiger partial charge in [-0.25, -0.2) is 9.88 Å². The molecule has 40 heavy (non-hydrogen) atoms. The summed E-state index contributed by atoms with van der Waals surface area (Å²) in [5.74, 6) is 1.99. The molecule has 2 aliphatic rings. The molecule has 1 aromatic heterocycles. The second kappa shape index (κ2) is 12.5. The topological polar surface area (TPSA) is 114 Å². The van der Waals surface area contributed by atoms with Crippen LogP contribution < -0.4 is 25.6 Å². The van der Waals surface area contributed by atoms with E-state index in [4.69, 9.17) is 15.5 Å². The Morgan fingerprint density at radius 2 is 2.00 bits per heavy atom. The van der Waals surface area contributed by atoms with Crippen LogP contribution in [-0.2, 0) is 16.1 Å². The van der Waals surface area contributed by atoms with Gasteiger partial charge in [0.25, 0.3) is 5.91 Å². The van der Waals surface area contributed by atoms with Crippen LogP contribution in [0.1, 0.15) is 17.5 Å². The molecule has 0 fully saturated rings. The van der Waals surface area contributed by atoms with E-state index < -0.39 is 12.1 Å². The Balaban J connectivity index is 1.49. The normalized spacial score (nSPS) is 17.2. The number of nitrogens with two attached hydrogens (primary N) is 1. The lowest BCUT2D eigenvalue weighted by atomic mass is 9.92. The molecule has 2 aromatic carbocycles. The molecule has 0 bridgehead atoms. The van der Waals surface area contributed by atoms with E-state index in [9.17, 15) is 9.59 Å². The fourth-order valence-electron chi connectivity index (χ4n) is 4.78. The van der Waals surface area contributed by atoms with Crippen LogP contribution in [0.3, 0.4) is 0 Å². The SMILES string of the molecule is COc1ccc(C2=CC=CC(N3CNCc4cnc(N(C(=O)[C@@H](N)CCSC)c5ccccc5)nc43)C2=O)cc1. The quantitative estimate of drug-likeness (QED) is 0.407. The highest BCUT2D eigenvalue weighted by atomic mass is 32.2. The number of Topliss-reactive ketones (excluding diaryl/α,β-unsaturated/α-hetero) is 1. The third-order valence-corrected chi connectivity index (χ3v) is 7.55. The van der Waals surface area contributed by atoms with Gasteiger partial charge in [0.15, 0.2) is 5.78 Å². The van der Waals surface area contributed by atoms with Gasteiger partial charge in [-0.3, -0.25) is 14.9 Å². The molecule has 3 aromatic rings. The van der Waals surface area contributed by atoms with Crippen molar-refractivity contribution < 1.29 is 14.3 Å². The molecule has 1 unspecified atom stereocenters. The van der Waals surface area contributed by atoms with Gasteiger partial charge < -0.3 is 15.4 Å². The predicted octanol–water partition coefficient (Wildman–Crippen LogP) is 3.69. The van der Waals surface area contributed by atoms with E-state index in [1.54, 1.807) is 25.1 Å². The number of hydrogen-bond acceptors (Lipinski definition) is 9. The van der Waals surface area contributed by atoms with Crippen molar-refractivity contribution in [2.24, 2.45) is 5.73 Å². The molecule has 0 radical (unpaired) electrons. The van der Waals surface area contributed by atoms with Gasteiger partial charge in [0.05, 0.1) is 25.5 Å². The summed E-state index contributed by atoms with van der Waals surface area (Å²) in [5, 5.41) is 3.34. The Bertz CT molecular complexity index is 1430. The molecule has 3 N–H and O–H groups in total. The zero-order valence-electron chi connectivity index (χ0n) is 22.5. The third kappa shape index (κ3) is 5.65. The average Bonchev–Trinajstić information content (AvgIpc) is 3.00. The van der Waals surface area contributed by atoms with Gasteiger partial charge in [-0.1, -0.05) is 48.6 Å². The fourth-order valence-corrected chi connectivity index (χ4v) is 5.27. The number of carbonyl (C=O) groups excluding carboxylic acids is 2. The number of hydrogen-bond donors (Lipinski definition) is 2. The number of nitrogens with zero attached hydrogens (tertiary/aromatic N) is 4. The highest BCUT2D eigenvalue weighted by Gasteiger charge is 2.34. The second-order valence-corrected chi connectivity index (χ2v) is 10.5. The van der Waals surface area contributed by atoms with Crippen molar-refractivity contribution in [2.75, 3.05) is 35.6 Å². The number of ketones is 1. The molecule has 2 heterocycles. The smallest absolute Gasteiger partial charge is 0.250 e. The average molecular weight is 557 g/mol. The first kappa shape index (κ1) is 27.6. The minimum Gasteiger partial charge on any atom is -0.497 e. The van der Waals surface area contributed by atoms with Gasteiger partial charge >= 0.3 is 0 Å². The van der Waals surface area contributed by atoms with Crippen LogP contribution in [0, 0.1) is 0 Å². The van der Waals surface area contributed by atoms with Gasteiger partial charge in [0, 0.05) is 23.9 Å². The van der Waals surface area contributed by atoms with Crippen molar-refractivity contribution in [1.82, 2.24) is 15.3 Å². The Labute approximate surface area is 238 Å². The highest BCUT2D eigenvalue weighted by Crippen LogP contribution is 2.32. The zero-order chi connectivity index (χ0) is 28.1. The van der Waals surface area contributed by atoms with Crippen molar-refractivity contribution in [3.05, 3.63) is 90.1 Å². The van der Waals surface area contributed by atoms with Crippen molar-refractivity contribution in [3.63, 3.8) is 0 Å². The largest absolute Gasteiger partial charge is 0.497 e. The van der Waals surface area contributed by atoms with Crippen LogP contribution in [0.4, 0.5) is 17.5 Å². The summed E-state index contributed by atoms with van der Waals surface area (Å²) < 4.78 is 5.27. The standard InChI is InChI=1S/C30H32N6O3S/c1-39-23-13-11-20(12-14-23)24-9-6-10-26(27(24)37)35-19-32-17-21-18-33-30(34-28(21)35)36(22-7-4-3-5-8-22)29(38)25(31)15-16-40-2/h3-14,18,25-26,32H,15-17,19,31H2,1-2H3/t25-,26?/m0/s1. The van der Waals surface area contributed by atoms with Crippen molar-refractivity contribution >= 4 is 46.5 Å². The van der Waals surface area contributed by atoms with Gasteiger partial charge in [-0.15, -0.1) is 0 Å². The molecule has 10 heteroatoms. The first-order valence-corrected chi connectivity index (χ1v) is 14.4. The molecule has 1 aliphatic heterocycles. The molecule has 206 valence electrons. The molecule has 5 rings (SSSR count). The minimum atomic E-state index is -0.704. The number of nitrogens with one attached hydrogen (secondary N) is 1. The van der Waals surface area contributed by atoms with Crippen molar-refractivity contribution in [2.45, 2.75) is 25.0 Å². The molecule has 0 saturated heterocycles. The lowest BCUT2D eigenvalue weighted by Crippen LogP contribution is -2.49. The zero-order valence-corrected chi connectivity index (χ0v) is 23.3. The number of allylic oxidation sites excluding steroid dienone is 2. The monoisotopic (exact) mass is 556 g/mol. The maximum atomic E-state index is 13.8. The summed E-state index contributed by atoms with van der Waals surface area (Å²) in [6, 6.07) is 15.4. The molecule has 0 spiro atoms. The highest BCUT2D eigenvalue weighted by molar-refractivity contribution is 7.98. The number of rotatable bonds is 9. The van der Waals surface area contributed by atoms with Gasteiger partial charge in [0.2, 0.25) is 5.95 Å². The lowest BCUT2D eigenvalue weighted by molar-refractivity contribution is -0.119. The third-order valence-electron chi connectivity index (χ3n) is 6.91. The minimum absolute atomic E-state index is 0.0439. The van der Waals surface area contributed by atoms with Crippen LogP contribution in [0.25, 0.3) is 5.57 Å². The number of methoxy groups -OCH3 is 1. The lowest BCUT2D eigenvalue weighted by Gasteiger charge is -2.36. The van der Waals surface area contributed by atoms with Crippen LogP contribution >= 0.6 is 11.8 Å². The molecular weight excluding hydrogens is 524 g/mol. The number of amides is 1. The molecule has 1 aliphatic carbocycles. The summed E-state index contributed by atoms with van der Waals surface area (Å²) in [6.07, 6.45) is 9.82. The predicted molar refractivity (Wildman–Crippen MR) is 160 cm³/mol. The van der Waals surface area contributed by atoms with E-state index >= 15 is 0 Å². The van der Waals surface area contributed by atoms with E-state index in [0.29, 0.717) is 36.7 Å². The van der Waals surface area contributed by atoms with Crippen LogP contribution in [0.15, 0.2) is 79.0 Å². The van der Waals surface area contributed by atoms with Crippen LogP contribution in [0.2, 0.25) is 0 Å². The molecule has 1 amide bonds.